The summed E-state index contributed by atoms with van der Waals surface area (Å²) in [4.78, 5) is 14.5. The first-order valence-electron chi connectivity index (χ1n) is 8.94. The second-order valence-electron chi connectivity index (χ2n) is 6.81. The Balaban J connectivity index is 1.72. The molecule has 6 nitrogen and oxygen atoms in total. The van der Waals surface area contributed by atoms with Crippen LogP contribution in [0, 0.1) is 19.7 Å². The molecule has 1 amide bonds. The number of hydrogen-bond acceptors (Lipinski definition) is 4. The lowest BCUT2D eigenvalue weighted by molar-refractivity contribution is 0.0697. The largest absolute Gasteiger partial charge is 0.494 e. The fourth-order valence-corrected chi connectivity index (χ4v) is 4.97. The Morgan fingerprint density at radius 1 is 1.04 bits per heavy atom. The van der Waals surface area contributed by atoms with Crippen LogP contribution in [-0.4, -0.2) is 56.8 Å². The highest BCUT2D eigenvalue weighted by molar-refractivity contribution is 7.89. The van der Waals surface area contributed by atoms with E-state index in [-0.39, 0.29) is 43.4 Å². The zero-order chi connectivity index (χ0) is 20.5. The van der Waals surface area contributed by atoms with Crippen molar-refractivity contribution in [2.75, 3.05) is 33.3 Å². The number of ether oxygens (including phenoxy) is 1. The molecule has 150 valence electrons. The molecule has 0 aliphatic carbocycles. The Morgan fingerprint density at radius 2 is 1.71 bits per heavy atom. The van der Waals surface area contributed by atoms with Crippen molar-refractivity contribution < 1.29 is 22.3 Å². The number of rotatable bonds is 4. The molecule has 0 aromatic heterocycles. The van der Waals surface area contributed by atoms with Crippen molar-refractivity contribution >= 4 is 15.9 Å². The maximum Gasteiger partial charge on any atom is 0.254 e. The number of halogens is 1. The molecule has 1 saturated heterocycles. The van der Waals surface area contributed by atoms with E-state index >= 15 is 0 Å². The van der Waals surface area contributed by atoms with E-state index in [4.69, 9.17) is 4.74 Å². The third-order valence-corrected chi connectivity index (χ3v) is 6.93. The third-order valence-electron chi connectivity index (χ3n) is 4.89. The number of aryl methyl sites for hydroxylation is 2. The van der Waals surface area contributed by atoms with Crippen molar-refractivity contribution in [2.24, 2.45) is 0 Å². The Kier molecular flexibility index (Phi) is 5.71. The zero-order valence-corrected chi connectivity index (χ0v) is 16.9. The molecule has 0 atom stereocenters. The van der Waals surface area contributed by atoms with Crippen LogP contribution in [-0.2, 0) is 10.0 Å². The summed E-state index contributed by atoms with van der Waals surface area (Å²) in [5, 5.41) is 0. The van der Waals surface area contributed by atoms with Crippen LogP contribution in [0.2, 0.25) is 0 Å². The van der Waals surface area contributed by atoms with Crippen LogP contribution in [0.1, 0.15) is 21.5 Å². The molecule has 8 heteroatoms. The minimum Gasteiger partial charge on any atom is -0.494 e. The van der Waals surface area contributed by atoms with Gasteiger partial charge in [-0.05, 0) is 49.2 Å². The number of benzene rings is 2. The number of nitrogens with zero attached hydrogens (tertiary/aromatic N) is 2. The average Bonchev–Trinajstić information content (AvgIpc) is 2.69. The molecule has 0 bridgehead atoms. The molecule has 1 heterocycles. The molecule has 2 aromatic carbocycles. The van der Waals surface area contributed by atoms with Crippen molar-refractivity contribution in [3.05, 3.63) is 58.9 Å². The molecule has 0 radical (unpaired) electrons. The number of amides is 1. The van der Waals surface area contributed by atoms with Crippen LogP contribution in [0.3, 0.4) is 0 Å². The van der Waals surface area contributed by atoms with Crippen molar-refractivity contribution in [1.29, 1.82) is 0 Å². The number of methoxy groups -OCH3 is 1. The van der Waals surface area contributed by atoms with Crippen molar-refractivity contribution in [3.8, 4) is 5.75 Å². The summed E-state index contributed by atoms with van der Waals surface area (Å²) in [6.45, 7) is 4.50. The lowest BCUT2D eigenvalue weighted by Gasteiger charge is -2.34. The smallest absolute Gasteiger partial charge is 0.254 e. The third kappa shape index (κ3) is 3.88. The Labute approximate surface area is 164 Å². The van der Waals surface area contributed by atoms with Crippen LogP contribution >= 0.6 is 0 Å². The van der Waals surface area contributed by atoms with Gasteiger partial charge in [0.05, 0.1) is 12.0 Å². The standard InChI is InChI=1S/C20H23FN2O4S/c1-14-4-5-15(2)19(12-14)28(25,26)23-10-8-22(9-11-23)20(24)16-6-7-18(27-3)17(21)13-16/h4-7,12-13H,8-11H2,1-3H3. The second-order valence-corrected chi connectivity index (χ2v) is 8.72. The van der Waals surface area contributed by atoms with E-state index in [0.717, 1.165) is 11.6 Å². The van der Waals surface area contributed by atoms with E-state index < -0.39 is 15.8 Å². The van der Waals surface area contributed by atoms with Gasteiger partial charge in [0.25, 0.3) is 5.91 Å². The molecule has 28 heavy (non-hydrogen) atoms. The summed E-state index contributed by atoms with van der Waals surface area (Å²) in [5.41, 5.74) is 1.78. The van der Waals surface area contributed by atoms with Crippen LogP contribution < -0.4 is 4.74 Å². The second kappa shape index (κ2) is 7.89. The Bertz CT molecular complexity index is 999. The maximum absolute atomic E-state index is 13.9. The van der Waals surface area contributed by atoms with Gasteiger partial charge in [-0.15, -0.1) is 0 Å². The quantitative estimate of drug-likeness (QED) is 0.783. The van der Waals surface area contributed by atoms with Crippen LogP contribution in [0.15, 0.2) is 41.3 Å². The van der Waals surface area contributed by atoms with Crippen molar-refractivity contribution in [2.45, 2.75) is 18.7 Å². The van der Waals surface area contributed by atoms with E-state index in [1.807, 2.05) is 13.0 Å². The monoisotopic (exact) mass is 406 g/mol. The Hall–Kier alpha value is -2.45. The predicted octanol–water partition coefficient (Wildman–Crippen LogP) is 2.60. The normalized spacial score (nSPS) is 15.5. The molecule has 0 unspecified atom stereocenters. The van der Waals surface area contributed by atoms with Gasteiger partial charge in [-0.25, -0.2) is 12.8 Å². The van der Waals surface area contributed by atoms with Gasteiger partial charge in [0, 0.05) is 31.7 Å². The summed E-state index contributed by atoms with van der Waals surface area (Å²) in [7, 11) is -2.27. The number of hydrogen-bond donors (Lipinski definition) is 0. The van der Waals surface area contributed by atoms with E-state index in [1.54, 1.807) is 19.1 Å². The summed E-state index contributed by atoms with van der Waals surface area (Å²) < 4.78 is 46.1. The maximum atomic E-state index is 13.9. The number of piperazine rings is 1. The topological polar surface area (TPSA) is 66.9 Å². The fourth-order valence-electron chi connectivity index (χ4n) is 3.24. The van der Waals surface area contributed by atoms with Crippen LogP contribution in [0.5, 0.6) is 5.75 Å². The van der Waals surface area contributed by atoms with E-state index in [1.165, 1.54) is 28.4 Å². The zero-order valence-electron chi connectivity index (χ0n) is 16.1. The first kappa shape index (κ1) is 20.3. The molecule has 1 fully saturated rings. The summed E-state index contributed by atoms with van der Waals surface area (Å²) >= 11 is 0. The highest BCUT2D eigenvalue weighted by Crippen LogP contribution is 2.23. The molecule has 1 aliphatic heterocycles. The Morgan fingerprint density at radius 3 is 2.32 bits per heavy atom. The van der Waals surface area contributed by atoms with E-state index in [2.05, 4.69) is 0 Å². The van der Waals surface area contributed by atoms with Gasteiger partial charge < -0.3 is 9.64 Å². The number of sulfonamides is 1. The molecular weight excluding hydrogens is 383 g/mol. The van der Waals surface area contributed by atoms with Crippen molar-refractivity contribution in [3.63, 3.8) is 0 Å². The molecule has 0 saturated carbocycles. The minimum atomic E-state index is -3.63. The highest BCUT2D eigenvalue weighted by Gasteiger charge is 2.31. The van der Waals surface area contributed by atoms with Crippen molar-refractivity contribution in [1.82, 2.24) is 9.21 Å². The van der Waals surface area contributed by atoms with Gasteiger partial charge in [0.2, 0.25) is 10.0 Å². The summed E-state index contributed by atoms with van der Waals surface area (Å²) in [5.74, 6) is -0.865. The molecule has 0 spiro atoms. The summed E-state index contributed by atoms with van der Waals surface area (Å²) in [6.07, 6.45) is 0. The minimum absolute atomic E-state index is 0.0704. The number of carbonyl (C=O) groups is 1. The van der Waals surface area contributed by atoms with Crippen LogP contribution in [0.25, 0.3) is 0 Å². The van der Waals surface area contributed by atoms with Crippen LogP contribution in [0.4, 0.5) is 4.39 Å². The predicted molar refractivity (Wildman–Crippen MR) is 104 cm³/mol. The van der Waals surface area contributed by atoms with Gasteiger partial charge in [0.15, 0.2) is 11.6 Å². The lowest BCUT2D eigenvalue weighted by Crippen LogP contribution is -2.50. The highest BCUT2D eigenvalue weighted by atomic mass is 32.2. The van der Waals surface area contributed by atoms with Gasteiger partial charge in [-0.3, -0.25) is 4.79 Å². The molecule has 2 aromatic rings. The van der Waals surface area contributed by atoms with Gasteiger partial charge in [0.1, 0.15) is 0 Å². The van der Waals surface area contributed by atoms with E-state index in [9.17, 15) is 17.6 Å². The molecule has 0 N–H and O–H groups in total. The molecule has 3 rings (SSSR count). The van der Waals surface area contributed by atoms with Gasteiger partial charge in [-0.1, -0.05) is 12.1 Å². The number of carbonyl (C=O) groups excluding carboxylic acids is 1. The first-order valence-corrected chi connectivity index (χ1v) is 10.4. The lowest BCUT2D eigenvalue weighted by atomic mass is 10.1. The van der Waals surface area contributed by atoms with E-state index in [0.29, 0.717) is 10.5 Å². The first-order chi connectivity index (χ1) is 13.2. The fraction of sp³-hybridized carbons (Fsp3) is 0.350. The van der Waals surface area contributed by atoms with Gasteiger partial charge >= 0.3 is 0 Å². The van der Waals surface area contributed by atoms with Gasteiger partial charge in [-0.2, -0.15) is 4.31 Å². The average molecular weight is 406 g/mol. The molecule has 1 aliphatic rings. The summed E-state index contributed by atoms with van der Waals surface area (Å²) in [6, 6.07) is 9.38. The SMILES string of the molecule is COc1ccc(C(=O)N2CCN(S(=O)(=O)c3cc(C)ccc3C)CC2)cc1F. The molecular formula is C20H23FN2O4S.